The zero-order valence-corrected chi connectivity index (χ0v) is 34.7. The van der Waals surface area contributed by atoms with Crippen LogP contribution >= 0.6 is 28.3 Å². The van der Waals surface area contributed by atoms with Crippen LogP contribution < -0.4 is 16.9 Å². The summed E-state index contributed by atoms with van der Waals surface area (Å²) in [5.41, 5.74) is 21.9. The van der Waals surface area contributed by atoms with E-state index in [1.807, 2.05) is 72.8 Å². The van der Waals surface area contributed by atoms with Crippen molar-refractivity contribution in [2.24, 2.45) is 11.5 Å². The van der Waals surface area contributed by atoms with E-state index in [0.717, 1.165) is 55.3 Å². The maximum absolute atomic E-state index is 8.71. The molecule has 19 heteroatoms. The molecule has 6 aromatic heterocycles. The molecule has 0 spiro atoms. The molecule has 0 radical (unpaired) electrons. The van der Waals surface area contributed by atoms with Crippen molar-refractivity contribution in [2.75, 3.05) is 0 Å². The monoisotopic (exact) mass is 894 g/mol. The summed E-state index contributed by atoms with van der Waals surface area (Å²) in [5.74, 6) is 0. The highest BCUT2D eigenvalue weighted by Gasteiger charge is 2.12. The number of halogens is 2. The van der Waals surface area contributed by atoms with Crippen molar-refractivity contribution in [3.05, 3.63) is 161 Å². The topological polar surface area (TPSA) is 231 Å². The molecule has 0 saturated heterocycles. The van der Waals surface area contributed by atoms with Crippen LogP contribution in [0.2, 0.25) is 0 Å². The molecule has 61 heavy (non-hydrogen) atoms. The molecule has 10 rings (SSSR count). The van der Waals surface area contributed by atoms with Gasteiger partial charge in [-0.3, -0.25) is 9.97 Å². The van der Waals surface area contributed by atoms with Crippen LogP contribution in [0.25, 0.3) is 55.7 Å². The lowest BCUT2D eigenvalue weighted by Crippen LogP contribution is -2.29. The van der Waals surface area contributed by atoms with Crippen LogP contribution in [0.4, 0.5) is 0 Å². The summed E-state index contributed by atoms with van der Waals surface area (Å²) in [6, 6.07) is 35.1. The number of hydrogen-bond donors (Lipinski definition) is 4. The van der Waals surface area contributed by atoms with Gasteiger partial charge < -0.3 is 21.5 Å². The predicted octanol–water partition coefficient (Wildman–Crippen LogP) is 4.77. The summed E-state index contributed by atoms with van der Waals surface area (Å²) in [7, 11) is -1.39. The Labute approximate surface area is 363 Å². The zero-order chi connectivity index (χ0) is 41.4. The summed E-state index contributed by atoms with van der Waals surface area (Å²) >= 11 is 3.32. The lowest BCUT2D eigenvalue weighted by atomic mass is 9.80. The van der Waals surface area contributed by atoms with Gasteiger partial charge in [0.25, 0.3) is 0 Å². The molecule has 0 bridgehead atoms. The van der Waals surface area contributed by atoms with Crippen molar-refractivity contribution in [3.8, 4) is 11.3 Å². The van der Waals surface area contributed by atoms with Gasteiger partial charge in [-0.2, -0.15) is 0 Å². The smallest absolute Gasteiger partial charge is 0.423 e. The van der Waals surface area contributed by atoms with Gasteiger partial charge in [0.2, 0.25) is 11.3 Å². The highest BCUT2D eigenvalue weighted by molar-refractivity contribution is 9.10. The second-order valence-corrected chi connectivity index (χ2v) is 14.3. The third kappa shape index (κ3) is 10.2. The van der Waals surface area contributed by atoms with E-state index in [-0.39, 0.29) is 12.4 Å². The molecular weight excluding hydrogens is 859 g/mol. The Morgan fingerprint density at radius 1 is 0.574 bits per heavy atom. The number of nitrogens with zero attached hydrogens (tertiary/aromatic N) is 12. The van der Waals surface area contributed by atoms with E-state index in [2.05, 4.69) is 73.6 Å². The molecule has 6 heterocycles. The second kappa shape index (κ2) is 19.6. The summed E-state index contributed by atoms with van der Waals surface area (Å²) in [6.07, 6.45) is 6.92. The second-order valence-electron chi connectivity index (χ2n) is 13.5. The largest absolute Gasteiger partial charge is 0.488 e. The Balaban J connectivity index is 0.000000150. The van der Waals surface area contributed by atoms with Gasteiger partial charge in [0, 0.05) is 41.8 Å². The minimum absolute atomic E-state index is 0. The van der Waals surface area contributed by atoms with Crippen LogP contribution in [0.1, 0.15) is 22.3 Å². The molecule has 0 unspecified atom stereocenters. The SMILES string of the molecule is Brc1cnc2nnn(Cc3ccc4ncccc4c3)c2n1.Cl.NCc1ccc(-c2cnc3nnn(Cc4ccc5ncccc5c4)c3n2)cc1.NCc1ccc(B(O)O)cc1. The number of nitrogens with two attached hydrogens (primary N) is 2. The normalized spacial score (nSPS) is 10.8. The van der Waals surface area contributed by atoms with Gasteiger partial charge in [-0.15, -0.1) is 22.6 Å². The molecule has 0 saturated carbocycles. The van der Waals surface area contributed by atoms with Crippen LogP contribution in [0.15, 0.2) is 139 Å². The average Bonchev–Trinajstić information content (AvgIpc) is 3.89. The lowest BCUT2D eigenvalue weighted by Gasteiger charge is -2.05. The standard InChI is InChI=1S/C21H17N7.C14H9BrN6.C7H10BNO2.ClH/c22-11-14-3-6-16(7-4-14)19-12-24-20-21(25-19)28(27-26-20)13-15-5-8-18-17(10-15)2-1-9-23-18;15-12-7-17-13-14(18-12)21(20-19-13)8-9-3-4-11-10(6-9)2-1-5-16-11;9-5-6-1-3-7(4-2-6)8(10)11;/h1-10,12H,11,13,22H2;1-7H,8H2;1-4,10-11H,5,9H2;1H. The minimum Gasteiger partial charge on any atom is -0.423 e. The predicted molar refractivity (Wildman–Crippen MR) is 240 cm³/mol. The Kier molecular flexibility index (Phi) is 13.6. The van der Waals surface area contributed by atoms with Gasteiger partial charge in [-0.05, 0) is 80.0 Å². The van der Waals surface area contributed by atoms with Crippen molar-refractivity contribution < 1.29 is 10.0 Å². The first-order valence-electron chi connectivity index (χ1n) is 18.7. The Hall–Kier alpha value is -6.67. The number of fused-ring (bicyclic) bond motifs is 4. The Morgan fingerprint density at radius 3 is 1.59 bits per heavy atom. The molecule has 16 nitrogen and oxygen atoms in total. The van der Waals surface area contributed by atoms with Crippen LogP contribution in [0, 0.1) is 0 Å². The van der Waals surface area contributed by atoms with Gasteiger partial charge >= 0.3 is 7.12 Å². The Bertz CT molecular complexity index is 3040. The summed E-state index contributed by atoms with van der Waals surface area (Å²) in [5, 5.41) is 36.2. The first-order valence-corrected chi connectivity index (χ1v) is 19.5. The third-order valence-corrected chi connectivity index (χ3v) is 9.81. The highest BCUT2D eigenvalue weighted by atomic mass is 79.9. The molecule has 0 aliphatic rings. The van der Waals surface area contributed by atoms with E-state index < -0.39 is 7.12 Å². The number of hydrogen-bond acceptors (Lipinski definition) is 14. The molecule has 0 atom stereocenters. The number of benzene rings is 4. The molecule has 0 aliphatic carbocycles. The minimum atomic E-state index is -1.39. The van der Waals surface area contributed by atoms with Crippen molar-refractivity contribution in [1.82, 2.24) is 59.9 Å². The molecule has 304 valence electrons. The number of rotatable bonds is 8. The number of aromatic nitrogens is 12. The van der Waals surface area contributed by atoms with E-state index in [1.54, 1.807) is 58.4 Å². The van der Waals surface area contributed by atoms with Gasteiger partial charge in [0.15, 0.2) is 11.3 Å². The van der Waals surface area contributed by atoms with Gasteiger partial charge in [0.05, 0.1) is 42.2 Å². The number of pyridine rings is 2. The highest BCUT2D eigenvalue weighted by Crippen LogP contribution is 2.21. The molecular formula is C42H37BBrClN14O2. The third-order valence-electron chi connectivity index (χ3n) is 9.42. The molecule has 10 aromatic rings. The molecule has 0 amide bonds. The first kappa shape index (κ1) is 42.5. The summed E-state index contributed by atoms with van der Waals surface area (Å²) in [4.78, 5) is 26.4. The molecule has 0 fully saturated rings. The van der Waals surface area contributed by atoms with Gasteiger partial charge in [0.1, 0.15) is 4.60 Å². The van der Waals surface area contributed by atoms with Crippen LogP contribution in [-0.2, 0) is 26.2 Å². The van der Waals surface area contributed by atoms with Crippen molar-refractivity contribution in [3.63, 3.8) is 0 Å². The van der Waals surface area contributed by atoms with E-state index >= 15 is 0 Å². The molecule has 4 aromatic carbocycles. The first-order chi connectivity index (χ1) is 29.3. The maximum atomic E-state index is 8.71. The molecule has 0 aliphatic heterocycles. The van der Waals surface area contributed by atoms with Gasteiger partial charge in [-0.25, -0.2) is 29.3 Å². The van der Waals surface area contributed by atoms with Crippen molar-refractivity contribution in [1.29, 1.82) is 0 Å². The fourth-order valence-electron chi connectivity index (χ4n) is 6.27. The van der Waals surface area contributed by atoms with E-state index in [4.69, 9.17) is 26.5 Å². The summed E-state index contributed by atoms with van der Waals surface area (Å²) in [6.45, 7) is 2.14. The zero-order valence-electron chi connectivity index (χ0n) is 32.3. The summed E-state index contributed by atoms with van der Waals surface area (Å²) < 4.78 is 4.18. The van der Waals surface area contributed by atoms with E-state index in [9.17, 15) is 0 Å². The average molecular weight is 896 g/mol. The molecule has 6 N–H and O–H groups in total. The quantitative estimate of drug-likeness (QED) is 0.151. The van der Waals surface area contributed by atoms with E-state index in [0.29, 0.717) is 58.8 Å². The van der Waals surface area contributed by atoms with Gasteiger partial charge in [-0.1, -0.05) is 83.2 Å². The van der Waals surface area contributed by atoms with Crippen LogP contribution in [-0.4, -0.2) is 77.1 Å². The van der Waals surface area contributed by atoms with Crippen LogP contribution in [0.3, 0.4) is 0 Å². The Morgan fingerprint density at radius 2 is 1.07 bits per heavy atom. The van der Waals surface area contributed by atoms with E-state index in [1.165, 1.54) is 0 Å². The maximum Gasteiger partial charge on any atom is 0.488 e. The van der Waals surface area contributed by atoms with Crippen molar-refractivity contribution in [2.45, 2.75) is 26.2 Å². The van der Waals surface area contributed by atoms with Crippen LogP contribution in [0.5, 0.6) is 0 Å². The fraction of sp³-hybridized carbons (Fsp3) is 0.0952. The van der Waals surface area contributed by atoms with Crippen molar-refractivity contribution >= 4 is 85.3 Å². The lowest BCUT2D eigenvalue weighted by molar-refractivity contribution is 0.426. The fourth-order valence-corrected chi connectivity index (χ4v) is 6.54.